The molecule has 0 radical (unpaired) electrons. The van der Waals surface area contributed by atoms with Crippen molar-refractivity contribution < 1.29 is 4.39 Å². The SMILES string of the molecule is CNc1ncc(F)c(Nc2cccc(SC)c2)n1. The lowest BCUT2D eigenvalue weighted by atomic mass is 10.3. The van der Waals surface area contributed by atoms with E-state index in [1.54, 1.807) is 18.8 Å². The van der Waals surface area contributed by atoms with E-state index in [4.69, 9.17) is 0 Å². The zero-order valence-electron chi connectivity index (χ0n) is 10.1. The molecule has 1 aromatic carbocycles. The molecular formula is C12H13FN4S. The first-order chi connectivity index (χ1) is 8.72. The number of halogens is 1. The van der Waals surface area contributed by atoms with E-state index in [-0.39, 0.29) is 5.82 Å². The van der Waals surface area contributed by atoms with Gasteiger partial charge in [0.25, 0.3) is 0 Å². The highest BCUT2D eigenvalue weighted by molar-refractivity contribution is 7.98. The van der Waals surface area contributed by atoms with Gasteiger partial charge in [0.05, 0.1) is 6.20 Å². The molecule has 18 heavy (non-hydrogen) atoms. The van der Waals surface area contributed by atoms with E-state index in [1.807, 2.05) is 30.5 Å². The highest BCUT2D eigenvalue weighted by atomic mass is 32.2. The summed E-state index contributed by atoms with van der Waals surface area (Å²) in [5.74, 6) is 0.0519. The molecule has 6 heteroatoms. The van der Waals surface area contributed by atoms with Crippen molar-refractivity contribution in [2.75, 3.05) is 23.9 Å². The number of benzene rings is 1. The Morgan fingerprint density at radius 2 is 2.17 bits per heavy atom. The zero-order chi connectivity index (χ0) is 13.0. The molecule has 0 amide bonds. The summed E-state index contributed by atoms with van der Waals surface area (Å²) >= 11 is 1.63. The molecule has 0 bridgehead atoms. The molecule has 0 spiro atoms. The van der Waals surface area contributed by atoms with Crippen LogP contribution in [0.3, 0.4) is 0 Å². The third-order valence-electron chi connectivity index (χ3n) is 2.30. The van der Waals surface area contributed by atoms with Crippen LogP contribution < -0.4 is 10.6 Å². The van der Waals surface area contributed by atoms with Gasteiger partial charge in [-0.05, 0) is 24.5 Å². The van der Waals surface area contributed by atoms with Crippen LogP contribution in [0.4, 0.5) is 21.8 Å². The van der Waals surface area contributed by atoms with E-state index in [0.29, 0.717) is 5.95 Å². The van der Waals surface area contributed by atoms with Crippen molar-refractivity contribution in [2.45, 2.75) is 4.90 Å². The Labute approximate surface area is 109 Å². The van der Waals surface area contributed by atoms with Crippen LogP contribution >= 0.6 is 11.8 Å². The number of nitrogens with one attached hydrogen (secondary N) is 2. The molecule has 2 aromatic rings. The summed E-state index contributed by atoms with van der Waals surface area (Å²) in [4.78, 5) is 8.92. The lowest BCUT2D eigenvalue weighted by Gasteiger charge is -2.08. The van der Waals surface area contributed by atoms with Crippen molar-refractivity contribution >= 4 is 29.2 Å². The Balaban J connectivity index is 2.27. The van der Waals surface area contributed by atoms with Gasteiger partial charge in [0, 0.05) is 17.6 Å². The lowest BCUT2D eigenvalue weighted by molar-refractivity contribution is 0.619. The van der Waals surface area contributed by atoms with E-state index in [0.717, 1.165) is 16.8 Å². The van der Waals surface area contributed by atoms with Crippen LogP contribution in [0.25, 0.3) is 0 Å². The molecule has 2 rings (SSSR count). The van der Waals surface area contributed by atoms with Crippen molar-refractivity contribution in [2.24, 2.45) is 0 Å². The molecular weight excluding hydrogens is 251 g/mol. The lowest BCUT2D eigenvalue weighted by Crippen LogP contribution is -2.02. The molecule has 0 unspecified atom stereocenters. The number of nitrogens with zero attached hydrogens (tertiary/aromatic N) is 2. The average Bonchev–Trinajstić information content (AvgIpc) is 2.41. The summed E-state index contributed by atoms with van der Waals surface area (Å²) in [5.41, 5.74) is 0.793. The summed E-state index contributed by atoms with van der Waals surface area (Å²) < 4.78 is 13.6. The van der Waals surface area contributed by atoms with Gasteiger partial charge in [-0.15, -0.1) is 11.8 Å². The van der Waals surface area contributed by atoms with E-state index in [2.05, 4.69) is 20.6 Å². The van der Waals surface area contributed by atoms with Gasteiger partial charge in [-0.2, -0.15) is 4.98 Å². The molecule has 0 atom stereocenters. The zero-order valence-corrected chi connectivity index (χ0v) is 10.9. The van der Waals surface area contributed by atoms with Gasteiger partial charge in [0.1, 0.15) is 0 Å². The molecule has 0 saturated heterocycles. The van der Waals surface area contributed by atoms with Gasteiger partial charge in [0.15, 0.2) is 11.6 Å². The van der Waals surface area contributed by atoms with Gasteiger partial charge in [-0.25, -0.2) is 9.37 Å². The number of aromatic nitrogens is 2. The number of anilines is 3. The molecule has 1 heterocycles. The fourth-order valence-electron chi connectivity index (χ4n) is 1.41. The summed E-state index contributed by atoms with van der Waals surface area (Å²) in [5, 5.41) is 5.71. The Morgan fingerprint density at radius 3 is 2.89 bits per heavy atom. The third kappa shape index (κ3) is 2.89. The molecule has 0 saturated carbocycles. The number of hydrogen-bond acceptors (Lipinski definition) is 5. The molecule has 94 valence electrons. The van der Waals surface area contributed by atoms with E-state index >= 15 is 0 Å². The maximum absolute atomic E-state index is 13.6. The first-order valence-electron chi connectivity index (χ1n) is 5.34. The fourth-order valence-corrected chi connectivity index (χ4v) is 1.87. The fraction of sp³-hybridized carbons (Fsp3) is 0.167. The molecule has 2 N–H and O–H groups in total. The summed E-state index contributed by atoms with van der Waals surface area (Å²) in [6, 6.07) is 7.70. The average molecular weight is 264 g/mol. The monoisotopic (exact) mass is 264 g/mol. The first kappa shape index (κ1) is 12.6. The van der Waals surface area contributed by atoms with E-state index in [9.17, 15) is 4.39 Å². The van der Waals surface area contributed by atoms with Crippen LogP contribution in [-0.2, 0) is 0 Å². The molecule has 4 nitrogen and oxygen atoms in total. The van der Waals surface area contributed by atoms with Crippen molar-refractivity contribution in [3.8, 4) is 0 Å². The van der Waals surface area contributed by atoms with Gasteiger partial charge in [0.2, 0.25) is 5.95 Å². The Morgan fingerprint density at radius 1 is 1.33 bits per heavy atom. The summed E-state index contributed by atoms with van der Waals surface area (Å²) in [6.45, 7) is 0. The predicted molar refractivity (Wildman–Crippen MR) is 73.0 cm³/mol. The highest BCUT2D eigenvalue weighted by Gasteiger charge is 2.06. The third-order valence-corrected chi connectivity index (χ3v) is 3.03. The van der Waals surface area contributed by atoms with Crippen LogP contribution in [-0.4, -0.2) is 23.3 Å². The second-order valence-electron chi connectivity index (χ2n) is 3.50. The van der Waals surface area contributed by atoms with Crippen LogP contribution in [0, 0.1) is 5.82 Å². The van der Waals surface area contributed by atoms with Crippen LogP contribution in [0.15, 0.2) is 35.4 Å². The molecule has 0 fully saturated rings. The molecule has 0 aliphatic heterocycles. The minimum Gasteiger partial charge on any atom is -0.357 e. The maximum Gasteiger partial charge on any atom is 0.224 e. The molecule has 0 aliphatic rings. The van der Waals surface area contributed by atoms with E-state index < -0.39 is 5.82 Å². The Hall–Kier alpha value is -1.82. The van der Waals surface area contributed by atoms with Crippen molar-refractivity contribution in [1.29, 1.82) is 0 Å². The first-order valence-corrected chi connectivity index (χ1v) is 6.57. The molecule has 1 aromatic heterocycles. The number of thioether (sulfide) groups is 1. The Kier molecular flexibility index (Phi) is 3.99. The largest absolute Gasteiger partial charge is 0.357 e. The summed E-state index contributed by atoms with van der Waals surface area (Å²) in [7, 11) is 1.69. The standard InChI is InChI=1S/C12H13FN4S/c1-14-12-15-7-10(13)11(17-12)16-8-4-3-5-9(6-8)18-2/h3-7H,1-2H3,(H2,14,15,16,17). The second kappa shape index (κ2) is 5.68. The normalized spacial score (nSPS) is 10.2. The maximum atomic E-state index is 13.6. The van der Waals surface area contributed by atoms with Crippen molar-refractivity contribution in [1.82, 2.24) is 9.97 Å². The minimum atomic E-state index is -0.483. The minimum absolute atomic E-state index is 0.160. The van der Waals surface area contributed by atoms with E-state index in [1.165, 1.54) is 0 Å². The van der Waals surface area contributed by atoms with Crippen molar-refractivity contribution in [3.05, 3.63) is 36.3 Å². The Bertz CT molecular complexity index is 547. The topological polar surface area (TPSA) is 49.8 Å². The number of hydrogen-bond donors (Lipinski definition) is 2. The smallest absolute Gasteiger partial charge is 0.224 e. The van der Waals surface area contributed by atoms with Gasteiger partial charge < -0.3 is 10.6 Å². The highest BCUT2D eigenvalue weighted by Crippen LogP contribution is 2.23. The van der Waals surface area contributed by atoms with Crippen LogP contribution in [0.2, 0.25) is 0 Å². The molecule has 0 aliphatic carbocycles. The number of rotatable bonds is 4. The predicted octanol–water partition coefficient (Wildman–Crippen LogP) is 3.12. The second-order valence-corrected chi connectivity index (χ2v) is 4.38. The van der Waals surface area contributed by atoms with Crippen LogP contribution in [0.5, 0.6) is 0 Å². The van der Waals surface area contributed by atoms with Crippen LogP contribution in [0.1, 0.15) is 0 Å². The van der Waals surface area contributed by atoms with Crippen molar-refractivity contribution in [3.63, 3.8) is 0 Å². The van der Waals surface area contributed by atoms with Gasteiger partial charge >= 0.3 is 0 Å². The quantitative estimate of drug-likeness (QED) is 0.831. The van der Waals surface area contributed by atoms with Gasteiger partial charge in [-0.1, -0.05) is 6.07 Å². The van der Waals surface area contributed by atoms with Gasteiger partial charge in [-0.3, -0.25) is 0 Å². The summed E-state index contributed by atoms with van der Waals surface area (Å²) in [6.07, 6.45) is 3.13.